The second kappa shape index (κ2) is 8.48. The lowest BCUT2D eigenvalue weighted by Crippen LogP contribution is -2.40. The number of anilines is 1. The Balaban J connectivity index is 2.02. The van der Waals surface area contributed by atoms with Crippen LogP contribution in [0.25, 0.3) is 0 Å². The molecule has 3 N–H and O–H groups in total. The van der Waals surface area contributed by atoms with E-state index in [0.717, 1.165) is 0 Å². The number of benzene rings is 1. The van der Waals surface area contributed by atoms with Crippen molar-refractivity contribution >= 4 is 27.6 Å². The summed E-state index contributed by atoms with van der Waals surface area (Å²) in [7, 11) is -2.64. The van der Waals surface area contributed by atoms with Gasteiger partial charge in [-0.15, -0.1) is 0 Å². The van der Waals surface area contributed by atoms with Crippen LogP contribution in [0.1, 0.15) is 41.8 Å². The van der Waals surface area contributed by atoms with Crippen molar-refractivity contribution in [1.82, 2.24) is 14.5 Å². The number of aromatic carboxylic acids is 1. The van der Waals surface area contributed by atoms with Crippen LogP contribution < -0.4 is 14.8 Å². The molecule has 0 saturated carbocycles. The molecule has 0 radical (unpaired) electrons. The van der Waals surface area contributed by atoms with E-state index in [2.05, 4.69) is 15.1 Å². The van der Waals surface area contributed by atoms with Crippen molar-refractivity contribution in [3.8, 4) is 11.6 Å². The number of carbonyl (C=O) groups is 2. The zero-order valence-corrected chi connectivity index (χ0v) is 18.6. The first-order valence-electron chi connectivity index (χ1n) is 9.34. The summed E-state index contributed by atoms with van der Waals surface area (Å²) in [5.41, 5.74) is -0.877. The Labute approximate surface area is 184 Å². The molecule has 0 unspecified atom stereocenters. The Bertz CT molecular complexity index is 1260. The Morgan fingerprint density at radius 3 is 2.47 bits per heavy atom. The number of rotatable bonds is 7. The fraction of sp³-hybridized carbons (Fsp3) is 0.250. The molecule has 2 heterocycles. The van der Waals surface area contributed by atoms with Crippen LogP contribution >= 0.6 is 0 Å². The predicted molar refractivity (Wildman–Crippen MR) is 113 cm³/mol. The van der Waals surface area contributed by atoms with Gasteiger partial charge in [-0.25, -0.2) is 22.6 Å². The average Bonchev–Trinajstić information content (AvgIpc) is 3.31. The van der Waals surface area contributed by atoms with Gasteiger partial charge in [-0.1, -0.05) is 0 Å². The maximum absolute atomic E-state index is 13.1. The lowest BCUT2D eigenvalue weighted by molar-refractivity contribution is 0.0689. The molecular weight excluding hydrogens is 440 g/mol. The fourth-order valence-corrected chi connectivity index (χ4v) is 4.27. The number of sulfonamides is 1. The van der Waals surface area contributed by atoms with Crippen LogP contribution in [0.2, 0.25) is 0 Å². The SMILES string of the molecule is Cn1nc(C(=O)O)cc1Oc1ccc(NC(=O)c2ccco2)cc1S(=O)(=O)NC(C)(C)C. The van der Waals surface area contributed by atoms with Crippen molar-refractivity contribution in [3.05, 3.63) is 54.1 Å². The first-order chi connectivity index (χ1) is 14.9. The van der Waals surface area contributed by atoms with Crippen molar-refractivity contribution in [2.24, 2.45) is 7.05 Å². The molecule has 0 aliphatic carbocycles. The third-order valence-corrected chi connectivity index (χ3v) is 5.73. The first kappa shape index (κ1) is 23.0. The van der Waals surface area contributed by atoms with E-state index in [4.69, 9.17) is 14.3 Å². The Kier molecular flexibility index (Phi) is 6.10. The van der Waals surface area contributed by atoms with Crippen molar-refractivity contribution in [2.75, 3.05) is 5.32 Å². The topological polar surface area (TPSA) is 153 Å². The highest BCUT2D eigenvalue weighted by atomic mass is 32.2. The average molecular weight is 462 g/mol. The van der Waals surface area contributed by atoms with Gasteiger partial charge in [0.05, 0.1) is 6.26 Å². The third kappa shape index (κ3) is 5.34. The number of nitrogens with one attached hydrogen (secondary N) is 2. The van der Waals surface area contributed by atoms with Gasteiger partial charge in [-0.3, -0.25) is 4.79 Å². The van der Waals surface area contributed by atoms with E-state index >= 15 is 0 Å². The van der Waals surface area contributed by atoms with Gasteiger partial charge in [0.15, 0.2) is 11.5 Å². The lowest BCUT2D eigenvalue weighted by Gasteiger charge is -2.22. The molecular formula is C20H22N4O7S. The summed E-state index contributed by atoms with van der Waals surface area (Å²) >= 11 is 0. The van der Waals surface area contributed by atoms with E-state index < -0.39 is 27.4 Å². The molecule has 2 aromatic heterocycles. The van der Waals surface area contributed by atoms with Gasteiger partial charge in [0.1, 0.15) is 10.6 Å². The van der Waals surface area contributed by atoms with Crippen molar-refractivity contribution in [2.45, 2.75) is 31.2 Å². The number of hydrogen-bond donors (Lipinski definition) is 3. The molecule has 3 rings (SSSR count). The predicted octanol–water partition coefficient (Wildman–Crippen LogP) is 2.83. The monoisotopic (exact) mass is 462 g/mol. The summed E-state index contributed by atoms with van der Waals surface area (Å²) in [4.78, 5) is 23.2. The van der Waals surface area contributed by atoms with Gasteiger partial charge in [-0.05, 0) is 51.1 Å². The number of amides is 1. The summed E-state index contributed by atoms with van der Waals surface area (Å²) in [6, 6.07) is 8.22. The number of carboxylic acids is 1. The van der Waals surface area contributed by atoms with E-state index in [1.54, 1.807) is 26.8 Å². The number of hydrogen-bond acceptors (Lipinski definition) is 7. The highest BCUT2D eigenvalue weighted by Crippen LogP contribution is 2.32. The zero-order chi connectivity index (χ0) is 23.7. The molecule has 1 aromatic carbocycles. The van der Waals surface area contributed by atoms with Crippen LogP contribution in [0.5, 0.6) is 11.6 Å². The zero-order valence-electron chi connectivity index (χ0n) is 17.7. The molecule has 0 aliphatic heterocycles. The number of carboxylic acid groups (broad SMARTS) is 1. The maximum atomic E-state index is 13.1. The molecule has 0 saturated heterocycles. The molecule has 0 bridgehead atoms. The van der Waals surface area contributed by atoms with Crippen molar-refractivity contribution < 1.29 is 32.3 Å². The fourth-order valence-electron chi connectivity index (χ4n) is 2.70. The van der Waals surface area contributed by atoms with Crippen LogP contribution in [-0.4, -0.2) is 40.7 Å². The summed E-state index contributed by atoms with van der Waals surface area (Å²) in [5, 5.41) is 15.5. The molecule has 0 atom stereocenters. The maximum Gasteiger partial charge on any atom is 0.356 e. The van der Waals surface area contributed by atoms with Crippen LogP contribution in [0.3, 0.4) is 0 Å². The number of furan rings is 1. The summed E-state index contributed by atoms with van der Waals surface area (Å²) in [6.07, 6.45) is 1.34. The first-order valence-corrected chi connectivity index (χ1v) is 10.8. The molecule has 3 aromatic rings. The van der Waals surface area contributed by atoms with Gasteiger partial charge < -0.3 is 19.6 Å². The molecule has 0 aliphatic rings. The van der Waals surface area contributed by atoms with E-state index in [1.807, 2.05) is 0 Å². The van der Waals surface area contributed by atoms with E-state index in [-0.39, 0.29) is 33.7 Å². The smallest absolute Gasteiger partial charge is 0.356 e. The summed E-state index contributed by atoms with van der Waals surface area (Å²) in [5.74, 6) is -1.83. The van der Waals surface area contributed by atoms with Crippen LogP contribution in [0, 0.1) is 0 Å². The second-order valence-corrected chi connectivity index (χ2v) is 9.50. The third-order valence-electron chi connectivity index (χ3n) is 3.95. The molecule has 170 valence electrons. The van der Waals surface area contributed by atoms with Gasteiger partial charge in [0.2, 0.25) is 15.9 Å². The number of ether oxygens (including phenoxy) is 1. The van der Waals surface area contributed by atoms with E-state index in [1.165, 1.54) is 48.3 Å². The van der Waals surface area contributed by atoms with Gasteiger partial charge in [0.25, 0.3) is 5.91 Å². The van der Waals surface area contributed by atoms with Gasteiger partial charge in [0, 0.05) is 24.3 Å². The number of carbonyl (C=O) groups excluding carboxylic acids is 1. The van der Waals surface area contributed by atoms with E-state index in [9.17, 15) is 18.0 Å². The standard InChI is InChI=1S/C20H22N4O7S/c1-20(2,3)23-32(28,29)16-10-12(21-18(25)15-6-5-9-30-15)7-8-14(16)31-17-11-13(19(26)27)22-24(17)4/h5-11,23H,1-4H3,(H,21,25)(H,26,27). The largest absolute Gasteiger partial charge is 0.476 e. The van der Waals surface area contributed by atoms with Gasteiger partial charge in [-0.2, -0.15) is 5.10 Å². The highest BCUT2D eigenvalue weighted by molar-refractivity contribution is 7.89. The lowest BCUT2D eigenvalue weighted by atomic mass is 10.1. The van der Waals surface area contributed by atoms with Crippen LogP contribution in [0.4, 0.5) is 5.69 Å². The Morgan fingerprint density at radius 1 is 1.19 bits per heavy atom. The molecule has 0 spiro atoms. The van der Waals surface area contributed by atoms with Crippen molar-refractivity contribution in [3.63, 3.8) is 0 Å². The van der Waals surface area contributed by atoms with Crippen LogP contribution in [0.15, 0.2) is 52.0 Å². The van der Waals surface area contributed by atoms with E-state index in [0.29, 0.717) is 0 Å². The molecule has 12 heteroatoms. The minimum absolute atomic E-state index is 0.0157. The summed E-state index contributed by atoms with van der Waals surface area (Å²) in [6.45, 7) is 5.02. The minimum atomic E-state index is -4.10. The van der Waals surface area contributed by atoms with Crippen LogP contribution in [-0.2, 0) is 17.1 Å². The number of aryl methyl sites for hydroxylation is 1. The minimum Gasteiger partial charge on any atom is -0.476 e. The summed E-state index contributed by atoms with van der Waals surface area (Å²) < 4.78 is 40.6. The second-order valence-electron chi connectivity index (χ2n) is 7.85. The van der Waals surface area contributed by atoms with Gasteiger partial charge >= 0.3 is 5.97 Å². The number of aromatic nitrogens is 2. The quantitative estimate of drug-likeness (QED) is 0.484. The molecule has 1 amide bonds. The number of nitrogens with zero attached hydrogens (tertiary/aromatic N) is 2. The normalized spacial score (nSPS) is 11.9. The molecule has 11 nitrogen and oxygen atoms in total. The molecule has 32 heavy (non-hydrogen) atoms. The highest BCUT2D eigenvalue weighted by Gasteiger charge is 2.27. The molecule has 0 fully saturated rings. The Morgan fingerprint density at radius 2 is 1.91 bits per heavy atom. The van der Waals surface area contributed by atoms with Crippen molar-refractivity contribution in [1.29, 1.82) is 0 Å². The Hall–Kier alpha value is -3.64.